The summed E-state index contributed by atoms with van der Waals surface area (Å²) in [5, 5.41) is 3.79. The lowest BCUT2D eigenvalue weighted by atomic mass is 9.97. The van der Waals surface area contributed by atoms with E-state index in [1.54, 1.807) is 0 Å². The van der Waals surface area contributed by atoms with E-state index < -0.39 is 0 Å². The van der Waals surface area contributed by atoms with Gasteiger partial charge in [-0.3, -0.25) is 4.98 Å². The average molecular weight is 246 g/mol. The van der Waals surface area contributed by atoms with Crippen LogP contribution in [0.4, 0.5) is 0 Å². The number of rotatable bonds is 4. The topological polar surface area (TPSA) is 24.9 Å². The third-order valence-corrected chi connectivity index (χ3v) is 4.36. The van der Waals surface area contributed by atoms with Gasteiger partial charge in [0.1, 0.15) is 0 Å². The van der Waals surface area contributed by atoms with Crippen LogP contribution in [0.25, 0.3) is 0 Å². The van der Waals surface area contributed by atoms with Crippen LogP contribution in [-0.4, -0.2) is 11.0 Å². The Kier molecular flexibility index (Phi) is 5.18. The van der Waals surface area contributed by atoms with Crippen LogP contribution >= 0.6 is 0 Å². The van der Waals surface area contributed by atoms with Crippen molar-refractivity contribution in [2.75, 3.05) is 0 Å². The van der Waals surface area contributed by atoms with Crippen LogP contribution in [0.1, 0.15) is 64.0 Å². The van der Waals surface area contributed by atoms with Crippen LogP contribution < -0.4 is 5.32 Å². The summed E-state index contributed by atoms with van der Waals surface area (Å²) in [7, 11) is 0. The van der Waals surface area contributed by atoms with Gasteiger partial charge in [-0.25, -0.2) is 0 Å². The Morgan fingerprint density at radius 2 is 2.00 bits per heavy atom. The molecule has 1 fully saturated rings. The molecule has 0 amide bonds. The Morgan fingerprint density at radius 1 is 1.22 bits per heavy atom. The minimum atomic E-state index is 0.441. The van der Waals surface area contributed by atoms with Gasteiger partial charge in [0.2, 0.25) is 0 Å². The number of aromatic nitrogens is 1. The standard InChI is InChI=1S/C16H26N2/c1-3-14-5-4-6-16(8-7-14)18-13(2)15-9-11-17-12-10-15/h9-14,16,18H,3-8H2,1-2H3/t13-,14?,16?/m1/s1. The first-order valence-electron chi connectivity index (χ1n) is 7.45. The lowest BCUT2D eigenvalue weighted by Gasteiger charge is -2.22. The molecule has 1 N–H and O–H groups in total. The highest BCUT2D eigenvalue weighted by Gasteiger charge is 2.19. The predicted molar refractivity (Wildman–Crippen MR) is 76.4 cm³/mol. The second-order valence-electron chi connectivity index (χ2n) is 5.65. The van der Waals surface area contributed by atoms with Gasteiger partial charge in [0.25, 0.3) is 0 Å². The third kappa shape index (κ3) is 3.81. The molecule has 3 atom stereocenters. The summed E-state index contributed by atoms with van der Waals surface area (Å²) in [4.78, 5) is 4.08. The molecule has 0 spiro atoms. The molecule has 2 heteroatoms. The van der Waals surface area contributed by atoms with Crippen LogP contribution in [0.15, 0.2) is 24.5 Å². The monoisotopic (exact) mass is 246 g/mol. The van der Waals surface area contributed by atoms with E-state index in [0.29, 0.717) is 12.1 Å². The third-order valence-electron chi connectivity index (χ3n) is 4.36. The second kappa shape index (κ2) is 6.89. The lowest BCUT2D eigenvalue weighted by Crippen LogP contribution is -2.31. The summed E-state index contributed by atoms with van der Waals surface area (Å²) >= 11 is 0. The summed E-state index contributed by atoms with van der Waals surface area (Å²) in [6, 6.07) is 5.37. The summed E-state index contributed by atoms with van der Waals surface area (Å²) in [6.07, 6.45) is 12.0. The van der Waals surface area contributed by atoms with Crippen molar-refractivity contribution in [1.82, 2.24) is 10.3 Å². The first-order chi connectivity index (χ1) is 8.79. The zero-order valence-electron chi connectivity index (χ0n) is 11.7. The van der Waals surface area contributed by atoms with E-state index in [4.69, 9.17) is 0 Å². The van der Waals surface area contributed by atoms with Crippen LogP contribution in [-0.2, 0) is 0 Å². The molecule has 0 bridgehead atoms. The number of hydrogen-bond acceptors (Lipinski definition) is 2. The van der Waals surface area contributed by atoms with Crippen LogP contribution in [0.5, 0.6) is 0 Å². The first kappa shape index (κ1) is 13.5. The molecule has 1 aliphatic rings. The molecule has 1 aromatic rings. The molecule has 1 aromatic heterocycles. The molecule has 0 aromatic carbocycles. The Bertz CT molecular complexity index is 336. The quantitative estimate of drug-likeness (QED) is 0.809. The molecule has 100 valence electrons. The van der Waals surface area contributed by atoms with E-state index >= 15 is 0 Å². The SMILES string of the molecule is CCC1CCCC(N[C@H](C)c2ccncc2)CC1. The van der Waals surface area contributed by atoms with Gasteiger partial charge in [0.15, 0.2) is 0 Å². The minimum Gasteiger partial charge on any atom is -0.307 e. The van der Waals surface area contributed by atoms with Gasteiger partial charge in [-0.15, -0.1) is 0 Å². The van der Waals surface area contributed by atoms with E-state index in [2.05, 4.69) is 36.3 Å². The van der Waals surface area contributed by atoms with Crippen molar-refractivity contribution in [2.24, 2.45) is 5.92 Å². The molecule has 0 radical (unpaired) electrons. The maximum Gasteiger partial charge on any atom is 0.0295 e. The van der Waals surface area contributed by atoms with Crippen molar-refractivity contribution < 1.29 is 0 Å². The van der Waals surface area contributed by atoms with E-state index in [1.165, 1.54) is 44.1 Å². The molecule has 18 heavy (non-hydrogen) atoms. The Morgan fingerprint density at radius 3 is 2.72 bits per heavy atom. The Labute approximate surface area is 111 Å². The van der Waals surface area contributed by atoms with Gasteiger partial charge in [-0.2, -0.15) is 0 Å². The molecule has 1 saturated carbocycles. The molecule has 0 aliphatic heterocycles. The molecular weight excluding hydrogens is 220 g/mol. The van der Waals surface area contributed by atoms with E-state index in [-0.39, 0.29) is 0 Å². The molecule has 2 unspecified atom stereocenters. The van der Waals surface area contributed by atoms with Gasteiger partial charge in [-0.1, -0.05) is 26.2 Å². The minimum absolute atomic E-state index is 0.441. The van der Waals surface area contributed by atoms with Crippen molar-refractivity contribution in [1.29, 1.82) is 0 Å². The van der Waals surface area contributed by atoms with Crippen molar-refractivity contribution in [3.05, 3.63) is 30.1 Å². The lowest BCUT2D eigenvalue weighted by molar-refractivity contribution is 0.400. The smallest absolute Gasteiger partial charge is 0.0295 e. The largest absolute Gasteiger partial charge is 0.307 e. The molecular formula is C16H26N2. The van der Waals surface area contributed by atoms with Crippen molar-refractivity contribution in [3.63, 3.8) is 0 Å². The van der Waals surface area contributed by atoms with Crippen LogP contribution in [0.3, 0.4) is 0 Å². The molecule has 2 rings (SSSR count). The molecule has 1 aliphatic carbocycles. The zero-order valence-corrected chi connectivity index (χ0v) is 11.7. The first-order valence-corrected chi connectivity index (χ1v) is 7.45. The molecule has 1 heterocycles. The normalized spacial score (nSPS) is 26.6. The highest BCUT2D eigenvalue weighted by atomic mass is 14.9. The zero-order chi connectivity index (χ0) is 12.8. The summed E-state index contributed by atoms with van der Waals surface area (Å²) in [6.45, 7) is 4.59. The van der Waals surface area contributed by atoms with Gasteiger partial charge in [0, 0.05) is 24.5 Å². The number of pyridine rings is 1. The van der Waals surface area contributed by atoms with Crippen molar-refractivity contribution in [2.45, 2.75) is 64.5 Å². The number of hydrogen-bond donors (Lipinski definition) is 1. The highest BCUT2D eigenvalue weighted by Crippen LogP contribution is 2.26. The fourth-order valence-electron chi connectivity index (χ4n) is 3.06. The maximum absolute atomic E-state index is 4.08. The number of nitrogens with one attached hydrogen (secondary N) is 1. The van der Waals surface area contributed by atoms with Crippen LogP contribution in [0.2, 0.25) is 0 Å². The fourth-order valence-corrected chi connectivity index (χ4v) is 3.06. The van der Waals surface area contributed by atoms with Gasteiger partial charge in [-0.05, 0) is 49.8 Å². The summed E-state index contributed by atoms with van der Waals surface area (Å²) in [5.74, 6) is 0.966. The summed E-state index contributed by atoms with van der Waals surface area (Å²) < 4.78 is 0. The van der Waals surface area contributed by atoms with E-state index in [9.17, 15) is 0 Å². The predicted octanol–water partition coefficient (Wildman–Crippen LogP) is 4.09. The van der Waals surface area contributed by atoms with Crippen molar-refractivity contribution >= 4 is 0 Å². The van der Waals surface area contributed by atoms with Gasteiger partial charge >= 0.3 is 0 Å². The maximum atomic E-state index is 4.08. The molecule has 0 saturated heterocycles. The van der Waals surface area contributed by atoms with Gasteiger partial charge < -0.3 is 5.32 Å². The Balaban J connectivity index is 1.86. The van der Waals surface area contributed by atoms with Gasteiger partial charge in [0.05, 0.1) is 0 Å². The molecule has 2 nitrogen and oxygen atoms in total. The van der Waals surface area contributed by atoms with Crippen molar-refractivity contribution in [3.8, 4) is 0 Å². The van der Waals surface area contributed by atoms with E-state index in [1.807, 2.05) is 12.4 Å². The number of nitrogens with zero attached hydrogens (tertiary/aromatic N) is 1. The van der Waals surface area contributed by atoms with Crippen LogP contribution in [0, 0.1) is 5.92 Å². The second-order valence-corrected chi connectivity index (χ2v) is 5.65. The summed E-state index contributed by atoms with van der Waals surface area (Å²) in [5.41, 5.74) is 1.35. The Hall–Kier alpha value is -0.890. The van der Waals surface area contributed by atoms with E-state index in [0.717, 1.165) is 5.92 Å². The fraction of sp³-hybridized carbons (Fsp3) is 0.688. The average Bonchev–Trinajstić information content (AvgIpc) is 2.65. The highest BCUT2D eigenvalue weighted by molar-refractivity contribution is 5.14.